The molecular formula is C14H27N3. The first-order valence-corrected chi connectivity index (χ1v) is 7.29. The van der Waals surface area contributed by atoms with E-state index in [4.69, 9.17) is 5.73 Å². The van der Waals surface area contributed by atoms with Crippen molar-refractivity contribution in [2.45, 2.75) is 76.8 Å². The van der Waals surface area contributed by atoms with E-state index in [-0.39, 0.29) is 5.54 Å². The second kappa shape index (κ2) is 5.28. The van der Waals surface area contributed by atoms with Gasteiger partial charge in [0, 0.05) is 6.04 Å². The topological polar surface area (TPSA) is 41.6 Å². The maximum atomic E-state index is 6.13. The van der Waals surface area contributed by atoms with Gasteiger partial charge in [0.05, 0.1) is 12.1 Å². The van der Waals surface area contributed by atoms with E-state index in [2.05, 4.69) is 23.7 Å². The molecule has 98 valence electrons. The Balaban J connectivity index is 2.15. The van der Waals surface area contributed by atoms with E-state index in [1.54, 1.807) is 0 Å². The second-order valence-corrected chi connectivity index (χ2v) is 5.79. The van der Waals surface area contributed by atoms with Crippen LogP contribution in [0.4, 0.5) is 0 Å². The Labute approximate surface area is 105 Å². The van der Waals surface area contributed by atoms with Crippen molar-refractivity contribution in [1.82, 2.24) is 4.90 Å². The fraction of sp³-hybridized carbons (Fsp3) is 0.929. The van der Waals surface area contributed by atoms with Crippen LogP contribution >= 0.6 is 0 Å². The molecule has 0 aromatic rings. The van der Waals surface area contributed by atoms with Crippen molar-refractivity contribution in [3.63, 3.8) is 0 Å². The van der Waals surface area contributed by atoms with Gasteiger partial charge in [0.15, 0.2) is 5.96 Å². The number of hydrogen-bond donors (Lipinski definition) is 1. The van der Waals surface area contributed by atoms with Gasteiger partial charge in [-0.15, -0.1) is 0 Å². The Morgan fingerprint density at radius 1 is 1.24 bits per heavy atom. The SMILES string of the molecule is CCC(C)N1C(N)=NCC12CCCCCCC2. The molecule has 0 bridgehead atoms. The Hall–Kier alpha value is -0.730. The zero-order valence-corrected chi connectivity index (χ0v) is 11.4. The highest BCUT2D eigenvalue weighted by Gasteiger charge is 2.43. The molecule has 1 saturated carbocycles. The number of nitrogens with zero attached hydrogens (tertiary/aromatic N) is 2. The third kappa shape index (κ3) is 2.43. The monoisotopic (exact) mass is 237 g/mol. The predicted octanol–water partition coefficient (Wildman–Crippen LogP) is 2.90. The van der Waals surface area contributed by atoms with E-state index < -0.39 is 0 Å². The van der Waals surface area contributed by atoms with Gasteiger partial charge >= 0.3 is 0 Å². The Bertz CT molecular complexity index is 277. The first-order chi connectivity index (χ1) is 8.19. The largest absolute Gasteiger partial charge is 0.370 e. The van der Waals surface area contributed by atoms with Gasteiger partial charge in [-0.2, -0.15) is 0 Å². The summed E-state index contributed by atoms with van der Waals surface area (Å²) in [6, 6.07) is 0.528. The van der Waals surface area contributed by atoms with E-state index in [0.29, 0.717) is 6.04 Å². The van der Waals surface area contributed by atoms with Crippen LogP contribution in [0, 0.1) is 0 Å². The number of aliphatic imine (C=N–C) groups is 1. The smallest absolute Gasteiger partial charge is 0.192 e. The molecule has 1 unspecified atom stereocenters. The van der Waals surface area contributed by atoms with Gasteiger partial charge in [-0.1, -0.05) is 39.0 Å². The van der Waals surface area contributed by atoms with Gasteiger partial charge in [-0.25, -0.2) is 0 Å². The summed E-state index contributed by atoms with van der Waals surface area (Å²) < 4.78 is 0. The molecule has 0 amide bonds. The highest BCUT2D eigenvalue weighted by atomic mass is 15.4. The third-order valence-corrected chi connectivity index (χ3v) is 4.61. The number of nitrogens with two attached hydrogens (primary N) is 1. The Kier molecular flexibility index (Phi) is 3.95. The molecule has 1 aliphatic heterocycles. The molecule has 0 saturated heterocycles. The number of rotatable bonds is 2. The van der Waals surface area contributed by atoms with Crippen molar-refractivity contribution in [3.05, 3.63) is 0 Å². The maximum absolute atomic E-state index is 6.13. The molecule has 17 heavy (non-hydrogen) atoms. The molecule has 1 fully saturated rings. The molecule has 1 spiro atoms. The number of guanidine groups is 1. The lowest BCUT2D eigenvalue weighted by molar-refractivity contribution is 0.119. The van der Waals surface area contributed by atoms with Crippen LogP contribution in [-0.4, -0.2) is 29.0 Å². The first kappa shape index (κ1) is 12.7. The van der Waals surface area contributed by atoms with Crippen LogP contribution in [0.15, 0.2) is 4.99 Å². The standard InChI is InChI=1S/C14H27N3/c1-3-12(2)17-13(15)16-11-14(17)9-7-5-4-6-8-10-14/h12H,3-11H2,1-2H3,(H2,15,16). The lowest BCUT2D eigenvalue weighted by atomic mass is 9.82. The van der Waals surface area contributed by atoms with Crippen LogP contribution in [0.3, 0.4) is 0 Å². The van der Waals surface area contributed by atoms with E-state index in [9.17, 15) is 0 Å². The van der Waals surface area contributed by atoms with Crippen molar-refractivity contribution >= 4 is 5.96 Å². The van der Waals surface area contributed by atoms with Crippen LogP contribution in [0.2, 0.25) is 0 Å². The lowest BCUT2D eigenvalue weighted by Gasteiger charge is -2.44. The fourth-order valence-corrected chi connectivity index (χ4v) is 3.46. The van der Waals surface area contributed by atoms with Crippen LogP contribution < -0.4 is 5.73 Å². The normalized spacial score (nSPS) is 26.5. The first-order valence-electron chi connectivity index (χ1n) is 7.29. The van der Waals surface area contributed by atoms with Crippen molar-refractivity contribution in [2.24, 2.45) is 10.7 Å². The molecular weight excluding hydrogens is 210 g/mol. The molecule has 2 aliphatic rings. The predicted molar refractivity (Wildman–Crippen MR) is 73.1 cm³/mol. The third-order valence-electron chi connectivity index (χ3n) is 4.61. The van der Waals surface area contributed by atoms with Gasteiger partial charge in [0.1, 0.15) is 0 Å². The summed E-state index contributed by atoms with van der Waals surface area (Å²) in [5.41, 5.74) is 6.39. The van der Waals surface area contributed by atoms with Crippen LogP contribution in [0.25, 0.3) is 0 Å². The summed E-state index contributed by atoms with van der Waals surface area (Å²) in [6.45, 7) is 5.46. The molecule has 1 atom stereocenters. The van der Waals surface area contributed by atoms with Gasteiger partial charge < -0.3 is 10.6 Å². The Morgan fingerprint density at radius 2 is 1.82 bits per heavy atom. The molecule has 2 N–H and O–H groups in total. The minimum Gasteiger partial charge on any atom is -0.370 e. The zero-order valence-electron chi connectivity index (χ0n) is 11.4. The maximum Gasteiger partial charge on any atom is 0.192 e. The van der Waals surface area contributed by atoms with E-state index in [1.807, 2.05) is 0 Å². The molecule has 0 aromatic heterocycles. The minimum atomic E-state index is 0.264. The summed E-state index contributed by atoms with van der Waals surface area (Å²) in [4.78, 5) is 7.00. The lowest BCUT2D eigenvalue weighted by Crippen LogP contribution is -2.55. The van der Waals surface area contributed by atoms with Crippen molar-refractivity contribution in [2.75, 3.05) is 6.54 Å². The van der Waals surface area contributed by atoms with Crippen LogP contribution in [0.1, 0.15) is 65.2 Å². The zero-order chi connectivity index (χ0) is 12.3. The van der Waals surface area contributed by atoms with E-state index in [1.165, 1.54) is 44.9 Å². The van der Waals surface area contributed by atoms with Crippen molar-refractivity contribution in [3.8, 4) is 0 Å². The molecule has 1 heterocycles. The summed E-state index contributed by atoms with van der Waals surface area (Å²) in [5.74, 6) is 0.792. The summed E-state index contributed by atoms with van der Waals surface area (Å²) in [6.07, 6.45) is 10.6. The number of hydrogen-bond acceptors (Lipinski definition) is 3. The molecule has 0 aromatic carbocycles. The molecule has 2 rings (SSSR count). The van der Waals surface area contributed by atoms with Crippen molar-refractivity contribution < 1.29 is 0 Å². The van der Waals surface area contributed by atoms with Gasteiger partial charge in [0.2, 0.25) is 0 Å². The van der Waals surface area contributed by atoms with E-state index >= 15 is 0 Å². The van der Waals surface area contributed by atoms with Gasteiger partial charge in [-0.05, 0) is 26.2 Å². The van der Waals surface area contributed by atoms with Gasteiger partial charge in [0.25, 0.3) is 0 Å². The average molecular weight is 237 g/mol. The summed E-state index contributed by atoms with van der Waals surface area (Å²) >= 11 is 0. The Morgan fingerprint density at radius 3 is 2.41 bits per heavy atom. The van der Waals surface area contributed by atoms with Crippen LogP contribution in [0.5, 0.6) is 0 Å². The second-order valence-electron chi connectivity index (χ2n) is 5.79. The van der Waals surface area contributed by atoms with Gasteiger partial charge in [-0.3, -0.25) is 4.99 Å². The summed E-state index contributed by atoms with van der Waals surface area (Å²) in [7, 11) is 0. The molecule has 0 radical (unpaired) electrons. The molecule has 3 heteroatoms. The highest BCUT2D eigenvalue weighted by Crippen LogP contribution is 2.36. The van der Waals surface area contributed by atoms with Crippen LogP contribution in [-0.2, 0) is 0 Å². The minimum absolute atomic E-state index is 0.264. The quantitative estimate of drug-likeness (QED) is 0.802. The molecule has 3 nitrogen and oxygen atoms in total. The average Bonchev–Trinajstić information content (AvgIpc) is 2.62. The highest BCUT2D eigenvalue weighted by molar-refractivity contribution is 5.81. The summed E-state index contributed by atoms with van der Waals surface area (Å²) in [5, 5.41) is 0. The molecule has 1 aliphatic carbocycles. The van der Waals surface area contributed by atoms with Crippen molar-refractivity contribution in [1.29, 1.82) is 0 Å². The fourth-order valence-electron chi connectivity index (χ4n) is 3.46. The van der Waals surface area contributed by atoms with E-state index in [0.717, 1.165) is 18.9 Å².